The summed E-state index contributed by atoms with van der Waals surface area (Å²) in [6.07, 6.45) is 0. The number of azo groups is 2. The third kappa shape index (κ3) is 7.50. The van der Waals surface area contributed by atoms with Gasteiger partial charge in [-0.3, -0.25) is 38.4 Å². The average molecular weight is 778 g/mol. The van der Waals surface area contributed by atoms with Crippen LogP contribution in [-0.2, 0) is 40.5 Å². The number of aromatic hydroxyl groups is 1. The quantitative estimate of drug-likeness (QED) is 0.0438. The van der Waals surface area contributed by atoms with Crippen molar-refractivity contribution in [1.29, 1.82) is 0 Å². The molecule has 24 nitrogen and oxygen atoms in total. The Labute approximate surface area is 277 Å². The van der Waals surface area contributed by atoms with Gasteiger partial charge in [0.1, 0.15) is 36.6 Å². The number of nitrogens with zero attached hydrogens (tertiary/aromatic N) is 6. The molecule has 0 aromatic heterocycles. The van der Waals surface area contributed by atoms with E-state index in [1.807, 2.05) is 0 Å². The molecule has 28 heteroatoms. The number of fused-ring (bicyclic) bond motifs is 1. The molecule has 0 radical (unpaired) electrons. The lowest BCUT2D eigenvalue weighted by Gasteiger charge is -2.14. The van der Waals surface area contributed by atoms with Gasteiger partial charge in [-0.2, -0.15) is 33.7 Å². The highest BCUT2D eigenvalue weighted by molar-refractivity contribution is 7.86. The first-order valence-corrected chi connectivity index (χ1v) is 18.0. The standard InChI is InChI=1S/C22H15N7O17S4/c23-20-14(26-25-13-3-1-9(28(31)32)5-17(13)49(41,42)43)8-16(48(38,39)40)11-7-18(50(44,45)46)21(22(30)19(11)20)27-24-12-4-2-10(47(35,36)37)6-15(12)29(33)34/h1-8,30H,23H2,(H,35,36,37)(H,38,39,40)(H,41,42,43)(H,44,45,46)/b26-25-,27-24?. The lowest BCUT2D eigenvalue weighted by atomic mass is 10.0. The Balaban J connectivity index is 2.06. The molecule has 0 aliphatic carbocycles. The molecule has 0 heterocycles. The summed E-state index contributed by atoms with van der Waals surface area (Å²) in [5, 5.41) is 45.8. The topological polar surface area (TPSA) is 399 Å². The van der Waals surface area contributed by atoms with E-state index in [1.54, 1.807) is 0 Å². The zero-order valence-electron chi connectivity index (χ0n) is 23.6. The minimum atomic E-state index is -5.51. The molecule has 264 valence electrons. The van der Waals surface area contributed by atoms with E-state index < -0.39 is 126 Å². The van der Waals surface area contributed by atoms with E-state index in [9.17, 15) is 77.2 Å². The van der Waals surface area contributed by atoms with E-state index in [-0.39, 0.29) is 0 Å². The van der Waals surface area contributed by atoms with Crippen molar-refractivity contribution in [2.24, 2.45) is 20.5 Å². The number of phenols is 1. The number of phenolic OH excluding ortho intramolecular Hbond substituents is 1. The smallest absolute Gasteiger partial charge is 0.298 e. The highest BCUT2D eigenvalue weighted by Gasteiger charge is 2.29. The van der Waals surface area contributed by atoms with Gasteiger partial charge in [-0.15, -0.1) is 20.5 Å². The van der Waals surface area contributed by atoms with Crippen molar-refractivity contribution < 1.29 is 66.8 Å². The summed E-state index contributed by atoms with van der Waals surface area (Å²) in [5.74, 6) is -1.43. The van der Waals surface area contributed by atoms with Crippen molar-refractivity contribution in [3.05, 3.63) is 68.8 Å². The zero-order chi connectivity index (χ0) is 37.7. The second kappa shape index (κ2) is 12.7. The zero-order valence-corrected chi connectivity index (χ0v) is 26.9. The maximum atomic E-state index is 12.3. The maximum Gasteiger partial charge on any atom is 0.298 e. The molecule has 0 saturated carbocycles. The fourth-order valence-corrected chi connectivity index (χ4v) is 6.60. The van der Waals surface area contributed by atoms with E-state index in [2.05, 4.69) is 20.5 Å². The van der Waals surface area contributed by atoms with Crippen molar-refractivity contribution in [2.45, 2.75) is 19.6 Å². The van der Waals surface area contributed by atoms with Gasteiger partial charge in [-0.05, 0) is 30.3 Å². The van der Waals surface area contributed by atoms with Gasteiger partial charge in [0, 0.05) is 23.6 Å². The van der Waals surface area contributed by atoms with E-state index in [0.29, 0.717) is 42.5 Å². The predicted octanol–water partition coefficient (Wildman–Crippen LogP) is 3.76. The molecule has 0 atom stereocenters. The summed E-state index contributed by atoms with van der Waals surface area (Å²) in [6.45, 7) is 0. The summed E-state index contributed by atoms with van der Waals surface area (Å²) < 4.78 is 134. The largest absolute Gasteiger partial charge is 0.505 e. The molecule has 0 spiro atoms. The number of hydrogen-bond donors (Lipinski definition) is 6. The van der Waals surface area contributed by atoms with Crippen LogP contribution >= 0.6 is 0 Å². The van der Waals surface area contributed by atoms with Gasteiger partial charge in [-0.25, -0.2) is 0 Å². The van der Waals surface area contributed by atoms with Crippen LogP contribution in [0.4, 0.5) is 39.8 Å². The first-order valence-electron chi connectivity index (χ1n) is 12.2. The third-order valence-corrected chi connectivity index (χ3v) is 9.76. The summed E-state index contributed by atoms with van der Waals surface area (Å²) in [6, 6.07) is 4.26. The van der Waals surface area contributed by atoms with Gasteiger partial charge < -0.3 is 10.8 Å². The first kappa shape index (κ1) is 37.2. The highest BCUT2D eigenvalue weighted by atomic mass is 32.2. The highest BCUT2D eigenvalue weighted by Crippen LogP contribution is 2.48. The number of rotatable bonds is 10. The summed E-state index contributed by atoms with van der Waals surface area (Å²) in [4.78, 5) is 15.6. The van der Waals surface area contributed by atoms with Gasteiger partial charge >= 0.3 is 0 Å². The Morgan fingerprint density at radius 2 is 1.14 bits per heavy atom. The van der Waals surface area contributed by atoms with Crippen LogP contribution in [0, 0.1) is 20.2 Å². The van der Waals surface area contributed by atoms with Gasteiger partial charge in [-0.1, -0.05) is 0 Å². The summed E-state index contributed by atoms with van der Waals surface area (Å²) >= 11 is 0. The first-order chi connectivity index (χ1) is 22.8. The van der Waals surface area contributed by atoms with Crippen LogP contribution in [0.5, 0.6) is 5.75 Å². The minimum absolute atomic E-state index is 0.335. The Morgan fingerprint density at radius 3 is 1.66 bits per heavy atom. The molecule has 0 aliphatic heterocycles. The number of nitrogen functional groups attached to an aromatic ring is 1. The van der Waals surface area contributed by atoms with Crippen molar-refractivity contribution in [3.63, 3.8) is 0 Å². The molecule has 4 aromatic rings. The maximum absolute atomic E-state index is 12.3. The molecule has 0 aliphatic rings. The van der Waals surface area contributed by atoms with Gasteiger partial charge in [0.15, 0.2) is 11.4 Å². The fraction of sp³-hybridized carbons (Fsp3) is 0. The summed E-state index contributed by atoms with van der Waals surface area (Å²) in [5.41, 5.74) is -0.371. The van der Waals surface area contributed by atoms with Crippen LogP contribution < -0.4 is 5.73 Å². The Bertz CT molecular complexity index is 2680. The van der Waals surface area contributed by atoms with Crippen LogP contribution in [0.1, 0.15) is 0 Å². The molecule has 4 aromatic carbocycles. The monoisotopic (exact) mass is 777 g/mol. The van der Waals surface area contributed by atoms with Gasteiger partial charge in [0.2, 0.25) is 0 Å². The van der Waals surface area contributed by atoms with Crippen molar-refractivity contribution in [1.82, 2.24) is 0 Å². The second-order valence-electron chi connectivity index (χ2n) is 9.42. The molecule has 0 saturated heterocycles. The normalized spacial score (nSPS) is 13.0. The average Bonchev–Trinajstić information content (AvgIpc) is 2.97. The third-order valence-electron chi connectivity index (χ3n) is 6.27. The van der Waals surface area contributed by atoms with Crippen molar-refractivity contribution in [3.8, 4) is 5.75 Å². The van der Waals surface area contributed by atoms with Crippen molar-refractivity contribution >= 4 is 91.1 Å². The van der Waals surface area contributed by atoms with E-state index in [0.717, 1.165) is 6.07 Å². The number of anilines is 1. The molecule has 0 fully saturated rings. The van der Waals surface area contributed by atoms with Gasteiger partial charge in [0.25, 0.3) is 51.8 Å². The molecule has 7 N–H and O–H groups in total. The Morgan fingerprint density at radius 1 is 0.600 bits per heavy atom. The number of hydrogen-bond acceptors (Lipinski definition) is 18. The SMILES string of the molecule is Nc1c(/N=N\c2ccc([N+](=O)[O-])cc2S(=O)(=O)O)cc(S(=O)(=O)O)c2cc(S(=O)(=O)O)c(N=Nc3ccc(S(=O)(=O)O)cc3[N+](=O)[O-])c(O)c12. The Hall–Kier alpha value is -5.62. The van der Waals surface area contributed by atoms with E-state index in [1.165, 1.54) is 0 Å². The van der Waals surface area contributed by atoms with Crippen LogP contribution in [0.25, 0.3) is 10.8 Å². The number of nitrogens with two attached hydrogens (primary N) is 1. The van der Waals surface area contributed by atoms with Crippen molar-refractivity contribution in [2.75, 3.05) is 5.73 Å². The molecular weight excluding hydrogens is 763 g/mol. The number of nitro groups is 2. The number of non-ortho nitro benzene ring substituents is 1. The Kier molecular flexibility index (Phi) is 9.44. The fourth-order valence-electron chi connectivity index (χ4n) is 4.11. The minimum Gasteiger partial charge on any atom is -0.505 e. The molecule has 0 bridgehead atoms. The van der Waals surface area contributed by atoms with Crippen LogP contribution in [0.2, 0.25) is 0 Å². The predicted molar refractivity (Wildman–Crippen MR) is 164 cm³/mol. The molecule has 4 rings (SSSR count). The number of benzene rings is 4. The summed E-state index contributed by atoms with van der Waals surface area (Å²) in [7, 11) is -21.1. The van der Waals surface area contributed by atoms with E-state index >= 15 is 0 Å². The molecular formula is C22H15N7O17S4. The molecule has 0 amide bonds. The van der Waals surface area contributed by atoms with Crippen LogP contribution in [0.15, 0.2) is 88.6 Å². The molecule has 0 unspecified atom stereocenters. The van der Waals surface area contributed by atoms with Crippen LogP contribution in [-0.4, -0.2) is 66.8 Å². The van der Waals surface area contributed by atoms with Crippen LogP contribution in [0.3, 0.4) is 0 Å². The molecule has 50 heavy (non-hydrogen) atoms. The van der Waals surface area contributed by atoms with Gasteiger partial charge in [0.05, 0.1) is 20.9 Å². The number of nitro benzene ring substituents is 2. The second-order valence-corrected chi connectivity index (χ2v) is 15.0. The lowest BCUT2D eigenvalue weighted by Crippen LogP contribution is -2.04. The lowest BCUT2D eigenvalue weighted by molar-refractivity contribution is -0.385. The van der Waals surface area contributed by atoms with E-state index in [4.69, 9.17) is 5.73 Å².